The zero-order valence-electron chi connectivity index (χ0n) is 57.6. The van der Waals surface area contributed by atoms with Crippen LogP contribution in [0.1, 0.15) is 125 Å². The molecule has 3 aromatic carbocycles. The molecular weight excluding hydrogens is 1330 g/mol. The Bertz CT molecular complexity index is 4220. The number of alkyl halides is 2. The number of halogens is 2. The number of aromatic nitrogens is 10. The number of sulfonamides is 3. The Balaban J connectivity index is 0.000000134. The second-order valence-corrected chi connectivity index (χ2v) is 33.2. The molecule has 8 heterocycles. The molecule has 7 aromatic rings. The van der Waals surface area contributed by atoms with Gasteiger partial charge in [-0.15, -0.1) is 15.3 Å². The number of nitrogens with zero attached hydrogens (tertiary/aromatic N) is 13. The van der Waals surface area contributed by atoms with Crippen molar-refractivity contribution in [3.8, 4) is 22.8 Å². The number of H-pyrrole nitrogens is 3. The highest BCUT2D eigenvalue weighted by Gasteiger charge is 2.38. The van der Waals surface area contributed by atoms with Gasteiger partial charge in [-0.25, -0.2) is 45.5 Å². The van der Waals surface area contributed by atoms with Crippen molar-refractivity contribution in [2.75, 3.05) is 104 Å². The molecular formula is C67H91F2N19O8S3. The Morgan fingerprint density at radius 1 is 0.495 bits per heavy atom. The molecule has 32 heteroatoms. The van der Waals surface area contributed by atoms with E-state index in [0.29, 0.717) is 105 Å². The van der Waals surface area contributed by atoms with Gasteiger partial charge in [-0.05, 0) is 251 Å². The zero-order valence-corrected chi connectivity index (χ0v) is 60.1. The van der Waals surface area contributed by atoms with Crippen molar-refractivity contribution in [1.29, 1.82) is 0 Å². The Kier molecular flexibility index (Phi) is 20.5. The molecule has 4 aliphatic heterocycles. The maximum absolute atomic E-state index is 13.2. The van der Waals surface area contributed by atoms with Crippen molar-refractivity contribution in [2.24, 2.45) is 0 Å². The van der Waals surface area contributed by atoms with Crippen LogP contribution in [-0.4, -0.2) is 216 Å². The Morgan fingerprint density at radius 3 is 1.20 bits per heavy atom. The highest BCUT2D eigenvalue weighted by atomic mass is 32.2. The second-order valence-electron chi connectivity index (χ2n) is 27.6. The van der Waals surface area contributed by atoms with E-state index in [2.05, 4.69) is 99.8 Å². The normalized spacial score (nSPS) is 18.6. The van der Waals surface area contributed by atoms with Crippen LogP contribution in [0.25, 0.3) is 11.1 Å². The molecule has 0 unspecified atom stereocenters. The van der Waals surface area contributed by atoms with E-state index in [9.17, 15) is 34.0 Å². The van der Waals surface area contributed by atoms with Crippen LogP contribution in [0.3, 0.4) is 0 Å². The van der Waals surface area contributed by atoms with E-state index in [1.807, 2.05) is 42.3 Å². The number of fused-ring (bicyclic) bond motifs is 5. The van der Waals surface area contributed by atoms with Gasteiger partial charge in [0, 0.05) is 98.6 Å². The highest BCUT2D eigenvalue weighted by Crippen LogP contribution is 2.45. The Labute approximate surface area is 578 Å². The number of rotatable bonds is 18. The van der Waals surface area contributed by atoms with Crippen LogP contribution in [0.2, 0.25) is 0 Å². The molecule has 99 heavy (non-hydrogen) atoms. The first-order valence-corrected chi connectivity index (χ1v) is 38.9. The molecule has 0 spiro atoms. The number of aromatic amines is 3. The smallest absolute Gasteiger partial charge is 0.388 e. The third-order valence-corrected chi connectivity index (χ3v) is 26.5. The molecule has 4 aliphatic carbocycles. The van der Waals surface area contributed by atoms with Gasteiger partial charge in [0.25, 0.3) is 45.5 Å². The minimum atomic E-state index is -3.85. The van der Waals surface area contributed by atoms with E-state index in [4.69, 9.17) is 4.74 Å². The van der Waals surface area contributed by atoms with Gasteiger partial charge in [0.1, 0.15) is 5.75 Å². The van der Waals surface area contributed by atoms with E-state index in [1.54, 1.807) is 18.2 Å². The van der Waals surface area contributed by atoms with Gasteiger partial charge in [-0.2, -0.15) is 36.6 Å². The van der Waals surface area contributed by atoms with Crippen molar-refractivity contribution >= 4 is 65.0 Å². The lowest BCUT2D eigenvalue weighted by molar-refractivity contribution is -0.0528. The van der Waals surface area contributed by atoms with Crippen LogP contribution in [0.4, 0.5) is 43.7 Å². The van der Waals surface area contributed by atoms with Gasteiger partial charge in [0.05, 0.1) is 12.3 Å². The third-order valence-electron chi connectivity index (χ3n) is 21.3. The molecule has 6 N–H and O–H groups in total. The van der Waals surface area contributed by atoms with Crippen molar-refractivity contribution < 1.29 is 43.5 Å². The van der Waals surface area contributed by atoms with E-state index >= 15 is 0 Å². The summed E-state index contributed by atoms with van der Waals surface area (Å²) in [7, 11) is 0.967. The lowest BCUT2D eigenvalue weighted by atomic mass is 9.93. The molecule has 3 saturated heterocycles. The lowest BCUT2D eigenvalue weighted by Crippen LogP contribution is -2.44. The number of hydrogen-bond donors (Lipinski definition) is 6. The van der Waals surface area contributed by atoms with Gasteiger partial charge in [-0.3, -0.25) is 0 Å². The fourth-order valence-electron chi connectivity index (χ4n) is 15.9. The van der Waals surface area contributed by atoms with Crippen LogP contribution >= 0.6 is 0 Å². The predicted molar refractivity (Wildman–Crippen MR) is 371 cm³/mol. The van der Waals surface area contributed by atoms with Crippen LogP contribution in [0, 0.1) is 13.8 Å². The summed E-state index contributed by atoms with van der Waals surface area (Å²) in [5.41, 5.74) is 19.2. The zero-order chi connectivity index (χ0) is 69.7. The van der Waals surface area contributed by atoms with E-state index in [-0.39, 0.29) is 27.3 Å². The first-order chi connectivity index (χ1) is 47.4. The van der Waals surface area contributed by atoms with Crippen molar-refractivity contribution in [1.82, 2.24) is 78.1 Å². The molecule has 0 amide bonds. The average molecular weight is 1420 g/mol. The van der Waals surface area contributed by atoms with E-state index in [0.717, 1.165) is 107 Å². The SMILES string of the molecule is CN(C)C1CCN(S(=O)(=O)c2nc(Nc3c(-c4ccnc(OC(F)F)c4)ccc4c3CCO4)n[nH]2)CC1.Cc1c2c(c(Nc3n[nH]c(S(=O)(=O)N4CCC(N(C)C)CC4)n3)c3c1CCC3)CCC2.Cc1c2c(c(Nc3n[nH]c(S(=O)(=O)N4CCC(N(C)C)CC4)n3)c3c1CCC3)CCC2. The number of benzene rings is 3. The van der Waals surface area contributed by atoms with E-state index < -0.39 is 36.7 Å². The summed E-state index contributed by atoms with van der Waals surface area (Å²) in [4.78, 5) is 23.2. The molecule has 3 fully saturated rings. The van der Waals surface area contributed by atoms with Crippen molar-refractivity contribution in [3.05, 3.63) is 91.7 Å². The highest BCUT2D eigenvalue weighted by molar-refractivity contribution is 7.89. The molecule has 0 bridgehead atoms. The topological polar surface area (TPSA) is 314 Å². The van der Waals surface area contributed by atoms with Crippen molar-refractivity contribution in [2.45, 2.75) is 176 Å². The first-order valence-electron chi connectivity index (χ1n) is 34.5. The molecule has 15 rings (SSSR count). The minimum absolute atomic E-state index is 0.0569. The monoisotopic (exact) mass is 1420 g/mol. The number of piperidine rings is 3. The maximum Gasteiger partial charge on any atom is 0.388 e. The summed E-state index contributed by atoms with van der Waals surface area (Å²) in [6.45, 7) is 4.81. The quantitative estimate of drug-likeness (QED) is 0.0474. The average Bonchev–Trinajstić information content (AvgIpc) is 1.62. The lowest BCUT2D eigenvalue weighted by Gasteiger charge is -2.33. The Morgan fingerprint density at radius 2 is 0.848 bits per heavy atom. The first kappa shape index (κ1) is 70.1. The predicted octanol–water partition coefficient (Wildman–Crippen LogP) is 7.96. The summed E-state index contributed by atoms with van der Waals surface area (Å²) in [6.07, 6.45) is 20.1. The summed E-state index contributed by atoms with van der Waals surface area (Å²) in [6, 6.07) is 7.80. The number of hydrogen-bond acceptors (Lipinski definition) is 21. The largest absolute Gasteiger partial charge is 0.493 e. The molecule has 0 saturated carbocycles. The van der Waals surface area contributed by atoms with Crippen LogP contribution < -0.4 is 25.4 Å². The molecule has 4 aromatic heterocycles. The summed E-state index contributed by atoms with van der Waals surface area (Å²) >= 11 is 0. The maximum atomic E-state index is 13.2. The van der Waals surface area contributed by atoms with Gasteiger partial charge in [0.15, 0.2) is 0 Å². The van der Waals surface area contributed by atoms with Gasteiger partial charge in [0.2, 0.25) is 23.7 Å². The minimum Gasteiger partial charge on any atom is -0.493 e. The van der Waals surface area contributed by atoms with E-state index in [1.165, 1.54) is 106 Å². The Hall–Kier alpha value is -7.30. The van der Waals surface area contributed by atoms with Gasteiger partial charge in [-0.1, -0.05) is 0 Å². The number of anilines is 6. The number of pyridine rings is 1. The fourth-order valence-corrected chi connectivity index (χ4v) is 19.8. The van der Waals surface area contributed by atoms with Crippen LogP contribution in [-0.2, 0) is 87.9 Å². The number of ether oxygens (including phenoxy) is 2. The summed E-state index contributed by atoms with van der Waals surface area (Å²) in [5.74, 6) is 1.18. The molecule has 534 valence electrons. The molecule has 0 radical (unpaired) electrons. The fraction of sp³-hybridized carbons (Fsp3) is 0.567. The van der Waals surface area contributed by atoms with Gasteiger partial charge < -0.3 is 40.1 Å². The second kappa shape index (κ2) is 29.0. The molecule has 8 aliphatic rings. The number of nitrogens with one attached hydrogen (secondary N) is 6. The molecule has 0 atom stereocenters. The third kappa shape index (κ3) is 14.4. The molecule has 27 nitrogen and oxygen atoms in total. The van der Waals surface area contributed by atoms with Crippen LogP contribution in [0.15, 0.2) is 45.9 Å². The van der Waals surface area contributed by atoms with Crippen LogP contribution in [0.5, 0.6) is 11.6 Å². The van der Waals surface area contributed by atoms with Crippen molar-refractivity contribution in [3.63, 3.8) is 0 Å². The van der Waals surface area contributed by atoms with Gasteiger partial charge >= 0.3 is 6.61 Å². The summed E-state index contributed by atoms with van der Waals surface area (Å²) < 4.78 is 119. The summed E-state index contributed by atoms with van der Waals surface area (Å²) in [5, 5.41) is 30.0. The standard InChI is InChI=1S/C23H27F2N7O4S.2C22H32N6O2S/c1-31(2)15-6-10-32(11-7-15)37(33,34)23-28-22(29-30-23)27-20-16(3-4-18-17(20)8-12-35-18)14-5-9-26-19(13-14)36-21(24)25;2*1-14-16-6-4-8-18(16)20(19-9-5-7-17(14)19)23-21-24-22(26-25-21)31(29,30)28-12-10-15(11-13-28)27(2)3/h3-5,9,13,15,21H,6-8,10-12H2,1-2H3,(H2,27,28,29,30);2*15H,4-13H2,1-3H3,(H2,23,24,25,26).